The van der Waals surface area contributed by atoms with Crippen molar-refractivity contribution in [1.29, 1.82) is 0 Å². The fourth-order valence-corrected chi connectivity index (χ4v) is 6.48. The molecular weight excluding hydrogens is 748 g/mol. The summed E-state index contributed by atoms with van der Waals surface area (Å²) in [6.45, 7) is 8.96. The third-order valence-corrected chi connectivity index (χ3v) is 9.20. The van der Waals surface area contributed by atoms with Crippen molar-refractivity contribution in [3.05, 3.63) is 112 Å². The Labute approximate surface area is 340 Å². The predicted octanol–water partition coefficient (Wildman–Crippen LogP) is 7.59. The summed E-state index contributed by atoms with van der Waals surface area (Å²) in [4.78, 5) is 47.5. The van der Waals surface area contributed by atoms with E-state index in [1.807, 2.05) is 51.1 Å². The first-order valence-electron chi connectivity index (χ1n) is 19.5. The van der Waals surface area contributed by atoms with Crippen LogP contribution < -0.4 is 10.6 Å². The molecule has 304 valence electrons. The third-order valence-electron chi connectivity index (χ3n) is 8.96. The van der Waals surface area contributed by atoms with E-state index in [-0.39, 0.29) is 41.8 Å². The second-order valence-electron chi connectivity index (χ2n) is 14.6. The van der Waals surface area contributed by atoms with E-state index in [4.69, 9.17) is 35.3 Å². The minimum Gasteiger partial charge on any atom is -0.460 e. The molecule has 1 aliphatic rings. The van der Waals surface area contributed by atoms with Crippen LogP contribution in [0.5, 0.6) is 0 Å². The molecule has 4 aromatic rings. The molecule has 12 nitrogen and oxygen atoms in total. The van der Waals surface area contributed by atoms with Crippen molar-refractivity contribution in [2.45, 2.75) is 70.9 Å². The summed E-state index contributed by atoms with van der Waals surface area (Å²) in [6, 6.07) is 22.2. The summed E-state index contributed by atoms with van der Waals surface area (Å²) < 4.78 is 27.4. The number of nitrogens with one attached hydrogen (secondary N) is 2. The van der Waals surface area contributed by atoms with E-state index in [9.17, 15) is 14.4 Å². The van der Waals surface area contributed by atoms with Gasteiger partial charge >= 0.3 is 5.97 Å². The number of amides is 2. The Balaban J connectivity index is 1.01. The standard InChI is InChI=1S/C44H53ClN4O8/c1-44(2,3)57-40(50)19-22-54-24-26-56-28-27-55-25-23-53-21-8-10-31-9-6-13-33(29-31)42(51)48-38-17-16-34(45)30-36(38)41-46-20-18-39(47-41)43(52)49-37-15-7-12-32-11-4-5-14-35(32)37/h4-6,9,11,13-14,16-18,20,29-30,37H,7-8,10,12,15,19,21-28H2,1-3H3,(H,48,51)(H,49,52)/t37-/m0/s1. The van der Waals surface area contributed by atoms with Gasteiger partial charge in [-0.3, -0.25) is 14.4 Å². The van der Waals surface area contributed by atoms with E-state index >= 15 is 0 Å². The first-order valence-corrected chi connectivity index (χ1v) is 19.9. The number of esters is 1. The topological polar surface area (TPSA) is 147 Å². The van der Waals surface area contributed by atoms with Crippen molar-refractivity contribution >= 4 is 35.1 Å². The Kier molecular flexibility index (Phi) is 17.0. The number of aromatic nitrogens is 2. The van der Waals surface area contributed by atoms with Crippen LogP contribution >= 0.6 is 11.6 Å². The molecule has 0 unspecified atom stereocenters. The van der Waals surface area contributed by atoms with Gasteiger partial charge in [0.1, 0.15) is 11.3 Å². The van der Waals surface area contributed by atoms with E-state index in [2.05, 4.69) is 32.7 Å². The number of hydrogen-bond donors (Lipinski definition) is 2. The minimum absolute atomic E-state index is 0.0918. The number of aryl methyl sites for hydroxylation is 2. The highest BCUT2D eigenvalue weighted by atomic mass is 35.5. The normalized spacial score (nSPS) is 13.8. The smallest absolute Gasteiger partial charge is 0.308 e. The lowest BCUT2D eigenvalue weighted by Crippen LogP contribution is -2.31. The molecule has 0 saturated carbocycles. The van der Waals surface area contributed by atoms with Gasteiger partial charge in [0.15, 0.2) is 5.82 Å². The van der Waals surface area contributed by atoms with E-state index in [1.165, 1.54) is 11.8 Å². The molecule has 2 amide bonds. The van der Waals surface area contributed by atoms with Crippen LogP contribution in [0, 0.1) is 0 Å². The number of fused-ring (bicyclic) bond motifs is 1. The summed E-state index contributed by atoms with van der Waals surface area (Å²) in [7, 11) is 0. The average Bonchev–Trinajstić information content (AvgIpc) is 3.19. The number of carbonyl (C=O) groups is 3. The molecule has 13 heteroatoms. The summed E-state index contributed by atoms with van der Waals surface area (Å²) in [5.74, 6) is -0.598. The fraction of sp³-hybridized carbons (Fsp3) is 0.432. The van der Waals surface area contributed by atoms with Crippen LogP contribution in [0.3, 0.4) is 0 Å². The number of hydrogen-bond acceptors (Lipinski definition) is 10. The number of ether oxygens (including phenoxy) is 5. The fourth-order valence-electron chi connectivity index (χ4n) is 6.31. The Hall–Kier alpha value is -4.72. The molecular formula is C44H53ClN4O8. The SMILES string of the molecule is CC(C)(C)OC(=O)CCOCCOCCOCCOCCCc1cccc(C(=O)Nc2ccc(Cl)cc2-c2nccc(C(=O)N[C@H]3CCCc4ccccc43)n2)c1. The van der Waals surface area contributed by atoms with Gasteiger partial charge in [0.2, 0.25) is 0 Å². The maximum Gasteiger partial charge on any atom is 0.308 e. The van der Waals surface area contributed by atoms with E-state index in [0.717, 1.165) is 43.2 Å². The van der Waals surface area contributed by atoms with Crippen molar-refractivity contribution in [3.8, 4) is 11.4 Å². The quantitative estimate of drug-likeness (QED) is 0.0639. The van der Waals surface area contributed by atoms with Gasteiger partial charge in [0.05, 0.1) is 64.4 Å². The molecule has 0 fully saturated rings. The number of carbonyl (C=O) groups excluding carboxylic acids is 3. The van der Waals surface area contributed by atoms with Gasteiger partial charge in [0, 0.05) is 29.0 Å². The highest BCUT2D eigenvalue weighted by Gasteiger charge is 2.23. The number of halogens is 1. The minimum atomic E-state index is -0.494. The summed E-state index contributed by atoms with van der Waals surface area (Å²) >= 11 is 6.39. The molecule has 1 atom stereocenters. The van der Waals surface area contributed by atoms with Crippen LogP contribution in [0.4, 0.5) is 5.69 Å². The molecule has 1 aliphatic carbocycles. The van der Waals surface area contributed by atoms with E-state index in [0.29, 0.717) is 74.7 Å². The van der Waals surface area contributed by atoms with Crippen molar-refractivity contribution in [2.75, 3.05) is 58.2 Å². The number of nitrogens with zero attached hydrogens (tertiary/aromatic N) is 2. The highest BCUT2D eigenvalue weighted by molar-refractivity contribution is 6.31. The second-order valence-corrected chi connectivity index (χ2v) is 15.1. The molecule has 3 aromatic carbocycles. The van der Waals surface area contributed by atoms with Gasteiger partial charge in [-0.1, -0.05) is 48.0 Å². The van der Waals surface area contributed by atoms with Crippen LogP contribution in [-0.4, -0.2) is 86.2 Å². The van der Waals surface area contributed by atoms with Gasteiger partial charge < -0.3 is 34.3 Å². The lowest BCUT2D eigenvalue weighted by molar-refractivity contribution is -0.156. The van der Waals surface area contributed by atoms with Crippen molar-refractivity contribution < 1.29 is 38.1 Å². The van der Waals surface area contributed by atoms with Crippen LogP contribution in [-0.2, 0) is 41.3 Å². The van der Waals surface area contributed by atoms with Gasteiger partial charge in [-0.2, -0.15) is 0 Å². The Morgan fingerprint density at radius 2 is 1.53 bits per heavy atom. The molecule has 57 heavy (non-hydrogen) atoms. The molecule has 1 aromatic heterocycles. The number of benzene rings is 3. The van der Waals surface area contributed by atoms with Gasteiger partial charge in [0.25, 0.3) is 11.8 Å². The van der Waals surface area contributed by atoms with Crippen LogP contribution in [0.15, 0.2) is 79.0 Å². The van der Waals surface area contributed by atoms with E-state index < -0.39 is 5.60 Å². The maximum atomic E-state index is 13.5. The molecule has 0 saturated heterocycles. The summed E-state index contributed by atoms with van der Waals surface area (Å²) in [5, 5.41) is 6.58. The van der Waals surface area contributed by atoms with Gasteiger partial charge in [-0.15, -0.1) is 0 Å². The van der Waals surface area contributed by atoms with Crippen molar-refractivity contribution in [2.24, 2.45) is 0 Å². The Morgan fingerprint density at radius 3 is 2.28 bits per heavy atom. The van der Waals surface area contributed by atoms with Crippen molar-refractivity contribution in [1.82, 2.24) is 15.3 Å². The first kappa shape index (κ1) is 43.4. The Bertz CT molecular complexity index is 1930. The first-order chi connectivity index (χ1) is 27.6. The zero-order chi connectivity index (χ0) is 40.5. The Morgan fingerprint density at radius 1 is 0.807 bits per heavy atom. The van der Waals surface area contributed by atoms with E-state index in [1.54, 1.807) is 30.3 Å². The predicted molar refractivity (Wildman–Crippen MR) is 219 cm³/mol. The highest BCUT2D eigenvalue weighted by Crippen LogP contribution is 2.31. The summed E-state index contributed by atoms with van der Waals surface area (Å²) in [5.41, 5.74) is 4.59. The molecule has 0 spiro atoms. The van der Waals surface area contributed by atoms with Crippen LogP contribution in [0.2, 0.25) is 5.02 Å². The monoisotopic (exact) mass is 800 g/mol. The molecule has 0 bridgehead atoms. The number of anilines is 1. The third kappa shape index (κ3) is 14.6. The molecule has 1 heterocycles. The largest absolute Gasteiger partial charge is 0.460 e. The molecule has 0 aliphatic heterocycles. The zero-order valence-electron chi connectivity index (χ0n) is 33.0. The van der Waals surface area contributed by atoms with Crippen molar-refractivity contribution in [3.63, 3.8) is 0 Å². The van der Waals surface area contributed by atoms with Gasteiger partial charge in [-0.05, 0) is 106 Å². The lowest BCUT2D eigenvalue weighted by atomic mass is 9.87. The second kappa shape index (κ2) is 22.3. The number of rotatable bonds is 21. The lowest BCUT2D eigenvalue weighted by Gasteiger charge is -2.26. The molecule has 5 rings (SSSR count). The zero-order valence-corrected chi connectivity index (χ0v) is 33.8. The molecule has 0 radical (unpaired) electrons. The average molecular weight is 801 g/mol. The summed E-state index contributed by atoms with van der Waals surface area (Å²) in [6.07, 6.45) is 6.11. The molecule has 2 N–H and O–H groups in total. The van der Waals surface area contributed by atoms with Crippen LogP contribution in [0.25, 0.3) is 11.4 Å². The van der Waals surface area contributed by atoms with Gasteiger partial charge in [-0.25, -0.2) is 9.97 Å². The maximum absolute atomic E-state index is 13.5. The van der Waals surface area contributed by atoms with Crippen LogP contribution in [0.1, 0.15) is 90.0 Å².